The van der Waals surface area contributed by atoms with Gasteiger partial charge in [-0.05, 0) is 35.9 Å². The Hall–Kier alpha value is -2.83. The number of hydrogen-bond acceptors (Lipinski definition) is 1. The summed E-state index contributed by atoms with van der Waals surface area (Å²) in [6, 6.07) is 19.0. The number of hydrogen-bond donors (Lipinski definition) is 2. The van der Waals surface area contributed by atoms with Crippen molar-refractivity contribution in [1.29, 1.82) is 0 Å². The van der Waals surface area contributed by atoms with E-state index in [2.05, 4.69) is 29.6 Å². The van der Waals surface area contributed by atoms with Crippen LogP contribution in [0.15, 0.2) is 66.7 Å². The molecule has 1 aliphatic rings. The molecule has 0 fully saturated rings. The molecular weight excluding hydrogens is 425 g/mol. The molecule has 0 aliphatic carbocycles. The van der Waals surface area contributed by atoms with Gasteiger partial charge in [-0.15, -0.1) is 0 Å². The summed E-state index contributed by atoms with van der Waals surface area (Å²) in [6.45, 7) is 2.87. The van der Waals surface area contributed by atoms with Crippen LogP contribution < -0.4 is 10.2 Å². The average molecular weight is 446 g/mol. The third-order valence-electron chi connectivity index (χ3n) is 5.51. The minimum absolute atomic E-state index is 0.0437. The number of quaternary nitrogens is 1. The van der Waals surface area contributed by atoms with E-state index < -0.39 is 22.7 Å². The smallest absolute Gasteiger partial charge is 0.327 e. The van der Waals surface area contributed by atoms with Gasteiger partial charge >= 0.3 is 6.18 Å². The summed E-state index contributed by atoms with van der Waals surface area (Å²) < 4.78 is 39.0. The normalized spacial score (nSPS) is 15.9. The predicted molar refractivity (Wildman–Crippen MR) is 114 cm³/mol. The molecule has 0 saturated heterocycles. The summed E-state index contributed by atoms with van der Waals surface area (Å²) in [7, 11) is 0. The second-order valence-corrected chi connectivity index (χ2v) is 8.12. The molecule has 160 valence electrons. The van der Waals surface area contributed by atoms with Crippen molar-refractivity contribution in [3.05, 3.63) is 99.6 Å². The van der Waals surface area contributed by atoms with Crippen molar-refractivity contribution in [2.45, 2.75) is 25.7 Å². The van der Waals surface area contributed by atoms with Gasteiger partial charge in [0.1, 0.15) is 13.1 Å². The molecule has 31 heavy (non-hydrogen) atoms. The van der Waals surface area contributed by atoms with Gasteiger partial charge in [0.2, 0.25) is 0 Å². The summed E-state index contributed by atoms with van der Waals surface area (Å²) in [5.41, 5.74) is 3.34. The van der Waals surface area contributed by atoms with E-state index in [0.717, 1.165) is 43.8 Å². The Morgan fingerprint density at radius 3 is 2.42 bits per heavy atom. The Labute approximate surface area is 183 Å². The van der Waals surface area contributed by atoms with E-state index in [4.69, 9.17) is 11.6 Å². The summed E-state index contributed by atoms with van der Waals surface area (Å²) in [5, 5.41) is 2.10. The third-order valence-corrected chi connectivity index (χ3v) is 5.84. The minimum Gasteiger partial charge on any atom is -0.327 e. The molecule has 1 atom stereocenters. The molecule has 0 spiro atoms. The van der Waals surface area contributed by atoms with E-state index in [1.165, 1.54) is 22.1 Å². The van der Waals surface area contributed by atoms with Crippen molar-refractivity contribution in [3.8, 4) is 0 Å². The predicted octanol–water partition coefficient (Wildman–Crippen LogP) is 4.75. The number of carbonyl (C=O) groups excluding carboxylic acids is 1. The van der Waals surface area contributed by atoms with Crippen LogP contribution in [0.25, 0.3) is 0 Å². The molecule has 1 unspecified atom stereocenters. The van der Waals surface area contributed by atoms with Gasteiger partial charge < -0.3 is 10.2 Å². The Balaban J connectivity index is 1.40. The molecule has 3 aromatic carbocycles. The number of fused-ring (bicyclic) bond motifs is 1. The first-order valence-corrected chi connectivity index (χ1v) is 10.3. The van der Waals surface area contributed by atoms with Gasteiger partial charge in [0.25, 0.3) is 5.91 Å². The van der Waals surface area contributed by atoms with E-state index in [0.29, 0.717) is 5.56 Å². The molecule has 3 aromatic rings. The molecule has 2 N–H and O–H groups in total. The van der Waals surface area contributed by atoms with Crippen molar-refractivity contribution in [2.75, 3.05) is 11.9 Å². The SMILES string of the molecule is O=C(Nc1ccc(Cl)c(C(F)(F)F)c1)c1ccc(C[NH+]2CCc3ccccc3C2)cc1. The van der Waals surface area contributed by atoms with Crippen LogP contribution >= 0.6 is 11.6 Å². The maximum atomic E-state index is 13.0. The molecule has 7 heteroatoms. The van der Waals surface area contributed by atoms with Gasteiger partial charge in [-0.3, -0.25) is 4.79 Å². The molecule has 1 amide bonds. The highest BCUT2D eigenvalue weighted by Crippen LogP contribution is 2.36. The van der Waals surface area contributed by atoms with E-state index in [9.17, 15) is 18.0 Å². The summed E-state index contributed by atoms with van der Waals surface area (Å²) in [5.74, 6) is -0.471. The quantitative estimate of drug-likeness (QED) is 0.597. The Morgan fingerprint density at radius 2 is 1.71 bits per heavy atom. The molecule has 0 radical (unpaired) electrons. The standard InChI is InChI=1S/C24H20ClF3N2O/c25-22-10-9-20(13-21(22)24(26,27)28)29-23(31)18-7-5-16(6-8-18)14-30-12-11-17-3-1-2-4-19(17)15-30/h1-10,13H,11-12,14-15H2,(H,29,31)/p+1. The summed E-state index contributed by atoms with van der Waals surface area (Å²) in [6.07, 6.45) is -3.54. The highest BCUT2D eigenvalue weighted by molar-refractivity contribution is 6.31. The lowest BCUT2D eigenvalue weighted by Gasteiger charge is -2.26. The fourth-order valence-electron chi connectivity index (χ4n) is 3.88. The number of halogens is 4. The topological polar surface area (TPSA) is 33.5 Å². The fraction of sp³-hybridized carbons (Fsp3) is 0.208. The molecule has 0 aromatic heterocycles. The van der Waals surface area contributed by atoms with Crippen LogP contribution in [0.1, 0.15) is 32.6 Å². The number of rotatable bonds is 4. The van der Waals surface area contributed by atoms with Gasteiger partial charge in [0.05, 0.1) is 17.1 Å². The van der Waals surface area contributed by atoms with Gasteiger partial charge in [-0.25, -0.2) is 0 Å². The Morgan fingerprint density at radius 1 is 1.00 bits per heavy atom. The first-order valence-electron chi connectivity index (χ1n) is 9.97. The number of alkyl halides is 3. The molecule has 4 rings (SSSR count). The van der Waals surface area contributed by atoms with Crippen molar-refractivity contribution in [3.63, 3.8) is 0 Å². The highest BCUT2D eigenvalue weighted by atomic mass is 35.5. The van der Waals surface area contributed by atoms with Crippen LogP contribution in [0.3, 0.4) is 0 Å². The maximum Gasteiger partial charge on any atom is 0.417 e. The lowest BCUT2D eigenvalue weighted by Crippen LogP contribution is -3.10. The van der Waals surface area contributed by atoms with Gasteiger partial charge in [0, 0.05) is 28.8 Å². The largest absolute Gasteiger partial charge is 0.417 e. The van der Waals surface area contributed by atoms with Crippen LogP contribution in [0.5, 0.6) is 0 Å². The summed E-state index contributed by atoms with van der Waals surface area (Å²) >= 11 is 5.63. The van der Waals surface area contributed by atoms with Crippen LogP contribution in [0, 0.1) is 0 Å². The lowest BCUT2D eigenvalue weighted by molar-refractivity contribution is -0.929. The van der Waals surface area contributed by atoms with Crippen LogP contribution in [-0.4, -0.2) is 12.5 Å². The van der Waals surface area contributed by atoms with Gasteiger partial charge in [-0.1, -0.05) is 48.0 Å². The maximum absolute atomic E-state index is 13.0. The second-order valence-electron chi connectivity index (χ2n) is 7.72. The monoisotopic (exact) mass is 445 g/mol. The van der Waals surface area contributed by atoms with Gasteiger partial charge in [0.15, 0.2) is 0 Å². The molecule has 0 bridgehead atoms. The lowest BCUT2D eigenvalue weighted by atomic mass is 9.99. The molecule has 0 saturated carbocycles. The molecular formula is C24H21ClF3N2O+. The number of carbonyl (C=O) groups is 1. The minimum atomic E-state index is -4.59. The van der Waals surface area contributed by atoms with Crippen molar-refractivity contribution >= 4 is 23.2 Å². The number of benzene rings is 3. The van der Waals surface area contributed by atoms with E-state index in [1.54, 1.807) is 12.1 Å². The first kappa shape index (κ1) is 21.4. The zero-order chi connectivity index (χ0) is 22.0. The molecule has 3 nitrogen and oxygen atoms in total. The number of anilines is 1. The van der Waals surface area contributed by atoms with E-state index >= 15 is 0 Å². The van der Waals surface area contributed by atoms with Crippen LogP contribution in [0.4, 0.5) is 18.9 Å². The van der Waals surface area contributed by atoms with Crippen LogP contribution in [-0.2, 0) is 25.7 Å². The Bertz CT molecular complexity index is 1100. The van der Waals surface area contributed by atoms with E-state index in [-0.39, 0.29) is 5.69 Å². The number of amides is 1. The third kappa shape index (κ3) is 5.09. The first-order chi connectivity index (χ1) is 14.8. The zero-order valence-corrected chi connectivity index (χ0v) is 17.4. The Kier molecular flexibility index (Phi) is 6.03. The fourth-order valence-corrected chi connectivity index (χ4v) is 4.10. The van der Waals surface area contributed by atoms with E-state index in [1.807, 2.05) is 12.1 Å². The zero-order valence-electron chi connectivity index (χ0n) is 16.6. The number of nitrogens with one attached hydrogen (secondary N) is 2. The second kappa shape index (κ2) is 8.73. The van der Waals surface area contributed by atoms with Crippen molar-refractivity contribution < 1.29 is 22.9 Å². The van der Waals surface area contributed by atoms with Crippen molar-refractivity contribution in [1.82, 2.24) is 0 Å². The molecule has 1 heterocycles. The van der Waals surface area contributed by atoms with Gasteiger partial charge in [-0.2, -0.15) is 13.2 Å². The molecule has 1 aliphatic heterocycles. The average Bonchev–Trinajstić information content (AvgIpc) is 2.75. The summed E-state index contributed by atoms with van der Waals surface area (Å²) in [4.78, 5) is 13.9. The highest BCUT2D eigenvalue weighted by Gasteiger charge is 2.33. The van der Waals surface area contributed by atoms with Crippen LogP contribution in [0.2, 0.25) is 5.02 Å². The van der Waals surface area contributed by atoms with Crippen molar-refractivity contribution in [2.24, 2.45) is 0 Å².